The summed E-state index contributed by atoms with van der Waals surface area (Å²) in [4.78, 5) is 35.4. The number of hydrogen-bond donors (Lipinski definition) is 0. The number of rotatable bonds is 6. The normalized spacial score (nSPS) is 10.7. The molecule has 0 N–H and O–H groups in total. The summed E-state index contributed by atoms with van der Waals surface area (Å²) < 4.78 is 10.1. The Kier molecular flexibility index (Phi) is 6.91. The van der Waals surface area contributed by atoms with Gasteiger partial charge < -0.3 is 9.47 Å². The maximum Gasteiger partial charge on any atom is 0.298 e. The van der Waals surface area contributed by atoms with Gasteiger partial charge in [-0.15, -0.1) is 0 Å². The molecular weight excluding hydrogens is 550 g/mol. The zero-order valence-corrected chi connectivity index (χ0v) is 23.1. The first-order chi connectivity index (χ1) is 21.7. The molecule has 3 heterocycles. The van der Waals surface area contributed by atoms with Crippen LogP contribution in [0.4, 0.5) is 0 Å². The van der Waals surface area contributed by atoms with Gasteiger partial charge in [0.05, 0.1) is 22.8 Å². The Bertz CT molecular complexity index is 2270. The SMILES string of the molecule is O=COc1ccnc(-c2cc(OC=O)cc(-c3cc(C#Cc4ccc5c6ccccc6c6ccccc6c5c4)ccn3)n2)c1. The van der Waals surface area contributed by atoms with Crippen molar-refractivity contribution in [1.29, 1.82) is 0 Å². The zero-order chi connectivity index (χ0) is 29.9. The molecule has 0 fully saturated rings. The summed E-state index contributed by atoms with van der Waals surface area (Å²) in [5.41, 5.74) is 3.45. The van der Waals surface area contributed by atoms with Crippen LogP contribution in [0.25, 0.3) is 55.1 Å². The number of pyridine rings is 3. The fraction of sp³-hybridized carbons (Fsp3) is 0. The molecule has 208 valence electrons. The van der Waals surface area contributed by atoms with E-state index in [1.807, 2.05) is 18.2 Å². The second-order valence-corrected chi connectivity index (χ2v) is 9.91. The van der Waals surface area contributed by atoms with Crippen LogP contribution in [0.1, 0.15) is 11.1 Å². The summed E-state index contributed by atoms with van der Waals surface area (Å²) in [6.07, 6.45) is 3.15. The van der Waals surface area contributed by atoms with E-state index in [0.717, 1.165) is 16.5 Å². The first-order valence-electron chi connectivity index (χ1n) is 13.7. The minimum absolute atomic E-state index is 0.262. The zero-order valence-electron chi connectivity index (χ0n) is 23.1. The van der Waals surface area contributed by atoms with Gasteiger partial charge in [0.15, 0.2) is 0 Å². The lowest BCUT2D eigenvalue weighted by molar-refractivity contribution is -0.121. The smallest absolute Gasteiger partial charge is 0.298 e. The molecule has 3 aromatic heterocycles. The van der Waals surface area contributed by atoms with E-state index >= 15 is 0 Å². The van der Waals surface area contributed by atoms with Gasteiger partial charge in [-0.25, -0.2) is 4.98 Å². The molecule has 0 aliphatic rings. The fourth-order valence-electron chi connectivity index (χ4n) is 5.35. The quantitative estimate of drug-likeness (QED) is 0.119. The van der Waals surface area contributed by atoms with Crippen molar-refractivity contribution >= 4 is 45.3 Å². The number of fused-ring (bicyclic) bond motifs is 6. The van der Waals surface area contributed by atoms with Gasteiger partial charge in [0.25, 0.3) is 12.9 Å². The molecule has 0 unspecified atom stereocenters. The van der Waals surface area contributed by atoms with E-state index < -0.39 is 0 Å². The van der Waals surface area contributed by atoms with Gasteiger partial charge in [0.2, 0.25) is 0 Å². The van der Waals surface area contributed by atoms with E-state index in [4.69, 9.17) is 14.5 Å². The molecule has 0 saturated heterocycles. The van der Waals surface area contributed by atoms with Crippen molar-refractivity contribution in [3.63, 3.8) is 0 Å². The molecule has 4 aromatic carbocycles. The second-order valence-electron chi connectivity index (χ2n) is 9.91. The molecule has 0 saturated carbocycles. The Morgan fingerprint density at radius 1 is 0.477 bits per heavy atom. The standard InChI is InChI=1S/C37H21N3O4/c41-22-43-26-14-16-39-35(19-26)37-21-27(44-23-42)20-36(40-37)34-18-25(13-15-38-34)10-9-24-11-12-32-30-7-2-1-5-28(30)29-6-3-4-8-31(29)33(32)17-24/h1-8,11-23H. The number of ether oxygens (including phenoxy) is 2. The van der Waals surface area contributed by atoms with Crippen LogP contribution in [-0.2, 0) is 9.59 Å². The van der Waals surface area contributed by atoms with Crippen molar-refractivity contribution in [2.24, 2.45) is 0 Å². The maximum atomic E-state index is 11.2. The average Bonchev–Trinajstić information content (AvgIpc) is 3.08. The third-order valence-electron chi connectivity index (χ3n) is 7.28. The first kappa shape index (κ1) is 26.5. The molecule has 0 aliphatic heterocycles. The average molecular weight is 572 g/mol. The van der Waals surface area contributed by atoms with Crippen molar-refractivity contribution in [2.45, 2.75) is 0 Å². The third kappa shape index (κ3) is 5.08. The summed E-state index contributed by atoms with van der Waals surface area (Å²) in [6, 6.07) is 33.2. The highest BCUT2D eigenvalue weighted by Crippen LogP contribution is 2.35. The van der Waals surface area contributed by atoms with Gasteiger partial charge in [-0.2, -0.15) is 0 Å². The molecular formula is C37H21N3O4. The lowest BCUT2D eigenvalue weighted by atomic mass is 9.93. The molecule has 0 spiro atoms. The number of aromatic nitrogens is 3. The summed E-state index contributed by atoms with van der Waals surface area (Å²) in [5, 5.41) is 7.19. The third-order valence-corrected chi connectivity index (χ3v) is 7.28. The van der Waals surface area contributed by atoms with E-state index in [9.17, 15) is 9.59 Å². The van der Waals surface area contributed by atoms with E-state index in [-0.39, 0.29) is 5.75 Å². The number of carbonyl (C=O) groups is 2. The molecule has 0 aliphatic carbocycles. The fourth-order valence-corrected chi connectivity index (χ4v) is 5.35. The summed E-state index contributed by atoms with van der Waals surface area (Å²) in [5.74, 6) is 7.14. The van der Waals surface area contributed by atoms with Crippen molar-refractivity contribution < 1.29 is 19.1 Å². The van der Waals surface area contributed by atoms with Crippen molar-refractivity contribution in [3.8, 4) is 46.1 Å². The van der Waals surface area contributed by atoms with Crippen LogP contribution in [0.15, 0.2) is 116 Å². The minimum Gasteiger partial charge on any atom is -0.429 e. The van der Waals surface area contributed by atoms with Crippen LogP contribution in [0.5, 0.6) is 11.5 Å². The highest BCUT2D eigenvalue weighted by atomic mass is 16.5. The van der Waals surface area contributed by atoms with Crippen LogP contribution in [-0.4, -0.2) is 27.9 Å². The Morgan fingerprint density at radius 2 is 0.977 bits per heavy atom. The van der Waals surface area contributed by atoms with Crippen LogP contribution < -0.4 is 9.47 Å². The van der Waals surface area contributed by atoms with Crippen LogP contribution in [0.2, 0.25) is 0 Å². The summed E-state index contributed by atoms with van der Waals surface area (Å²) >= 11 is 0. The molecule has 7 aromatic rings. The number of nitrogens with zero attached hydrogens (tertiary/aromatic N) is 3. The van der Waals surface area contributed by atoms with Crippen LogP contribution in [0.3, 0.4) is 0 Å². The Labute approximate surface area is 251 Å². The lowest BCUT2D eigenvalue weighted by Gasteiger charge is -2.10. The number of benzene rings is 4. The van der Waals surface area contributed by atoms with Crippen LogP contribution in [0, 0.1) is 11.8 Å². The monoisotopic (exact) mass is 571 g/mol. The largest absolute Gasteiger partial charge is 0.429 e. The van der Waals surface area contributed by atoms with Gasteiger partial charge in [-0.05, 0) is 62.6 Å². The van der Waals surface area contributed by atoms with E-state index in [1.165, 1.54) is 33.1 Å². The highest BCUT2D eigenvalue weighted by Gasteiger charge is 2.12. The highest BCUT2D eigenvalue weighted by molar-refractivity contribution is 6.25. The molecule has 7 rings (SSSR count). The Morgan fingerprint density at radius 3 is 1.61 bits per heavy atom. The molecule has 0 bridgehead atoms. The van der Waals surface area contributed by atoms with Gasteiger partial charge in [-0.1, -0.05) is 66.4 Å². The molecule has 0 atom stereocenters. The topological polar surface area (TPSA) is 91.3 Å². The number of hydrogen-bond acceptors (Lipinski definition) is 7. The molecule has 0 radical (unpaired) electrons. The van der Waals surface area contributed by atoms with Crippen molar-refractivity contribution in [2.75, 3.05) is 0 Å². The van der Waals surface area contributed by atoms with Gasteiger partial charge in [0, 0.05) is 41.7 Å². The summed E-state index contributed by atoms with van der Waals surface area (Å²) in [7, 11) is 0. The molecule has 7 heteroatoms. The van der Waals surface area contributed by atoms with E-state index in [2.05, 4.69) is 82.5 Å². The van der Waals surface area contributed by atoms with Gasteiger partial charge >= 0.3 is 0 Å². The van der Waals surface area contributed by atoms with Crippen LogP contribution >= 0.6 is 0 Å². The molecule has 7 nitrogen and oxygen atoms in total. The lowest BCUT2D eigenvalue weighted by Crippen LogP contribution is -1.97. The minimum atomic E-state index is 0.262. The molecule has 44 heavy (non-hydrogen) atoms. The van der Waals surface area contributed by atoms with Crippen molar-refractivity contribution in [1.82, 2.24) is 15.0 Å². The Hall–Kier alpha value is -6.39. The predicted molar refractivity (Wildman–Crippen MR) is 169 cm³/mol. The summed E-state index contributed by atoms with van der Waals surface area (Å²) in [6.45, 7) is 0.676. The van der Waals surface area contributed by atoms with E-state index in [0.29, 0.717) is 41.5 Å². The maximum absolute atomic E-state index is 11.2. The predicted octanol–water partition coefficient (Wildman–Crippen LogP) is 7.14. The van der Waals surface area contributed by atoms with Gasteiger partial charge in [-0.3, -0.25) is 19.6 Å². The first-order valence-corrected chi connectivity index (χ1v) is 13.7. The second kappa shape index (κ2) is 11.5. The number of carbonyl (C=O) groups excluding carboxylic acids is 2. The van der Waals surface area contributed by atoms with Gasteiger partial charge in [0.1, 0.15) is 11.5 Å². The molecule has 0 amide bonds. The van der Waals surface area contributed by atoms with E-state index in [1.54, 1.807) is 30.5 Å². The van der Waals surface area contributed by atoms with Crippen molar-refractivity contribution in [3.05, 3.63) is 127 Å². The Balaban J connectivity index is 1.27.